The quantitative estimate of drug-likeness (QED) is 0.794. The van der Waals surface area contributed by atoms with Crippen LogP contribution < -0.4 is 10.5 Å². The Bertz CT molecular complexity index is 321. The van der Waals surface area contributed by atoms with E-state index in [4.69, 9.17) is 15.6 Å². The molecule has 0 saturated heterocycles. The molecule has 0 spiro atoms. The predicted octanol–water partition coefficient (Wildman–Crippen LogP) is 1.77. The van der Waals surface area contributed by atoms with E-state index in [0.29, 0.717) is 6.61 Å². The van der Waals surface area contributed by atoms with E-state index in [2.05, 4.69) is 0 Å². The molecule has 15 heavy (non-hydrogen) atoms. The molecular formula is C12H19NO2. The van der Waals surface area contributed by atoms with Crippen molar-refractivity contribution in [3.05, 3.63) is 29.3 Å². The zero-order chi connectivity index (χ0) is 11.4. The van der Waals surface area contributed by atoms with Crippen molar-refractivity contribution in [2.24, 2.45) is 5.73 Å². The van der Waals surface area contributed by atoms with E-state index >= 15 is 0 Å². The van der Waals surface area contributed by atoms with Gasteiger partial charge in [-0.2, -0.15) is 0 Å². The maximum atomic E-state index is 9.16. The molecule has 2 atom stereocenters. The average Bonchev–Trinajstić information content (AvgIpc) is 2.14. The number of aryl methyl sites for hydroxylation is 1. The molecule has 0 amide bonds. The minimum absolute atomic E-state index is 0.0606. The van der Waals surface area contributed by atoms with Gasteiger partial charge in [0.1, 0.15) is 12.4 Å². The van der Waals surface area contributed by atoms with Gasteiger partial charge in [0.25, 0.3) is 0 Å². The lowest BCUT2D eigenvalue weighted by Crippen LogP contribution is -2.15. The molecule has 0 heterocycles. The summed E-state index contributed by atoms with van der Waals surface area (Å²) >= 11 is 0. The number of ether oxygens (including phenoxy) is 1. The van der Waals surface area contributed by atoms with Crippen LogP contribution in [0.3, 0.4) is 0 Å². The van der Waals surface area contributed by atoms with Crippen LogP contribution in [0.5, 0.6) is 5.75 Å². The van der Waals surface area contributed by atoms with E-state index in [9.17, 15) is 0 Å². The molecule has 1 aromatic rings. The first-order valence-electron chi connectivity index (χ1n) is 5.17. The predicted molar refractivity (Wildman–Crippen MR) is 61.0 cm³/mol. The molecule has 0 bridgehead atoms. The van der Waals surface area contributed by atoms with E-state index in [-0.39, 0.29) is 6.04 Å². The molecule has 2 unspecified atom stereocenters. The van der Waals surface area contributed by atoms with E-state index in [1.807, 2.05) is 32.0 Å². The molecular weight excluding hydrogens is 190 g/mol. The van der Waals surface area contributed by atoms with Gasteiger partial charge in [0.05, 0.1) is 6.10 Å². The van der Waals surface area contributed by atoms with Crippen LogP contribution in [0, 0.1) is 6.92 Å². The van der Waals surface area contributed by atoms with Gasteiger partial charge in [0.15, 0.2) is 0 Å². The standard InChI is InChI=1S/C12H19NO2/c1-8-4-5-11(10(3)13)12(6-8)15-7-9(2)14/h4-6,9-10,14H,7,13H2,1-3H3. The lowest BCUT2D eigenvalue weighted by Gasteiger charge is -2.15. The Hall–Kier alpha value is -1.06. The van der Waals surface area contributed by atoms with Gasteiger partial charge in [0.2, 0.25) is 0 Å². The molecule has 0 aromatic heterocycles. The van der Waals surface area contributed by atoms with Crippen LogP contribution >= 0.6 is 0 Å². The van der Waals surface area contributed by atoms with Crippen molar-refractivity contribution in [3.8, 4) is 5.75 Å². The first kappa shape index (κ1) is 12.0. The molecule has 3 heteroatoms. The lowest BCUT2D eigenvalue weighted by atomic mass is 10.1. The fourth-order valence-electron chi connectivity index (χ4n) is 1.35. The topological polar surface area (TPSA) is 55.5 Å². The van der Waals surface area contributed by atoms with Crippen LogP contribution in [0.25, 0.3) is 0 Å². The second-order valence-electron chi connectivity index (χ2n) is 3.99. The van der Waals surface area contributed by atoms with Gasteiger partial charge in [-0.1, -0.05) is 12.1 Å². The van der Waals surface area contributed by atoms with E-state index < -0.39 is 6.10 Å². The van der Waals surface area contributed by atoms with Crippen molar-refractivity contribution in [3.63, 3.8) is 0 Å². The summed E-state index contributed by atoms with van der Waals surface area (Å²) in [5.74, 6) is 0.769. The molecule has 0 radical (unpaired) electrons. The molecule has 3 N–H and O–H groups in total. The minimum Gasteiger partial charge on any atom is -0.491 e. The molecule has 1 rings (SSSR count). The van der Waals surface area contributed by atoms with E-state index in [1.54, 1.807) is 6.92 Å². The van der Waals surface area contributed by atoms with Crippen molar-refractivity contribution in [1.82, 2.24) is 0 Å². The highest BCUT2D eigenvalue weighted by atomic mass is 16.5. The lowest BCUT2D eigenvalue weighted by molar-refractivity contribution is 0.122. The number of aliphatic hydroxyl groups is 1. The van der Waals surface area contributed by atoms with Crippen LogP contribution in [-0.2, 0) is 0 Å². The summed E-state index contributed by atoms with van der Waals surface area (Å²) in [7, 11) is 0. The highest BCUT2D eigenvalue weighted by Gasteiger charge is 2.09. The first-order valence-corrected chi connectivity index (χ1v) is 5.17. The zero-order valence-corrected chi connectivity index (χ0v) is 9.53. The highest BCUT2D eigenvalue weighted by Crippen LogP contribution is 2.25. The van der Waals surface area contributed by atoms with Gasteiger partial charge in [-0.25, -0.2) is 0 Å². The Morgan fingerprint density at radius 2 is 2.07 bits per heavy atom. The van der Waals surface area contributed by atoms with E-state index in [0.717, 1.165) is 16.9 Å². The second-order valence-corrected chi connectivity index (χ2v) is 3.99. The Labute approximate surface area is 90.9 Å². The summed E-state index contributed by atoms with van der Waals surface area (Å²) in [6.45, 7) is 5.91. The van der Waals surface area contributed by atoms with Crippen molar-refractivity contribution >= 4 is 0 Å². The third-order valence-electron chi connectivity index (χ3n) is 2.14. The van der Waals surface area contributed by atoms with Gasteiger partial charge in [-0.3, -0.25) is 0 Å². The Morgan fingerprint density at radius 3 is 2.60 bits per heavy atom. The number of hydrogen-bond acceptors (Lipinski definition) is 3. The van der Waals surface area contributed by atoms with Crippen molar-refractivity contribution < 1.29 is 9.84 Å². The number of hydrogen-bond donors (Lipinski definition) is 2. The van der Waals surface area contributed by atoms with Crippen LogP contribution in [0.4, 0.5) is 0 Å². The van der Waals surface area contributed by atoms with Gasteiger partial charge in [-0.15, -0.1) is 0 Å². The first-order chi connectivity index (χ1) is 7.00. The minimum atomic E-state index is -0.466. The van der Waals surface area contributed by atoms with Crippen molar-refractivity contribution in [1.29, 1.82) is 0 Å². The Kier molecular flexibility index (Phi) is 4.12. The van der Waals surface area contributed by atoms with Gasteiger partial charge in [0, 0.05) is 11.6 Å². The summed E-state index contributed by atoms with van der Waals surface area (Å²) in [6.07, 6.45) is -0.466. The fraction of sp³-hybridized carbons (Fsp3) is 0.500. The number of nitrogens with two attached hydrogens (primary N) is 1. The molecule has 0 aliphatic rings. The number of benzene rings is 1. The molecule has 84 valence electrons. The molecule has 1 aromatic carbocycles. The Balaban J connectivity index is 2.87. The molecule has 0 fully saturated rings. The van der Waals surface area contributed by atoms with Gasteiger partial charge in [-0.05, 0) is 32.4 Å². The third-order valence-corrected chi connectivity index (χ3v) is 2.14. The smallest absolute Gasteiger partial charge is 0.124 e. The summed E-state index contributed by atoms with van der Waals surface area (Å²) in [5.41, 5.74) is 7.93. The van der Waals surface area contributed by atoms with Crippen LogP contribution in [0.15, 0.2) is 18.2 Å². The van der Waals surface area contributed by atoms with Gasteiger partial charge >= 0.3 is 0 Å². The molecule has 0 saturated carbocycles. The largest absolute Gasteiger partial charge is 0.491 e. The number of rotatable bonds is 4. The SMILES string of the molecule is Cc1ccc(C(C)N)c(OCC(C)O)c1. The fourth-order valence-corrected chi connectivity index (χ4v) is 1.35. The van der Waals surface area contributed by atoms with E-state index in [1.165, 1.54) is 0 Å². The third kappa shape index (κ3) is 3.53. The monoisotopic (exact) mass is 209 g/mol. The zero-order valence-electron chi connectivity index (χ0n) is 9.53. The van der Waals surface area contributed by atoms with Crippen LogP contribution in [0.2, 0.25) is 0 Å². The average molecular weight is 209 g/mol. The Morgan fingerprint density at radius 1 is 1.40 bits per heavy atom. The maximum Gasteiger partial charge on any atom is 0.124 e. The van der Waals surface area contributed by atoms with Crippen LogP contribution in [-0.4, -0.2) is 17.8 Å². The van der Waals surface area contributed by atoms with Crippen molar-refractivity contribution in [2.75, 3.05) is 6.61 Å². The molecule has 0 aliphatic carbocycles. The summed E-state index contributed by atoms with van der Waals surface area (Å²) in [4.78, 5) is 0. The molecule has 3 nitrogen and oxygen atoms in total. The summed E-state index contributed by atoms with van der Waals surface area (Å²) in [6, 6.07) is 5.86. The second kappa shape index (κ2) is 5.14. The maximum absolute atomic E-state index is 9.16. The summed E-state index contributed by atoms with van der Waals surface area (Å²) in [5, 5.41) is 9.16. The summed E-state index contributed by atoms with van der Waals surface area (Å²) < 4.78 is 5.51. The normalized spacial score (nSPS) is 14.7. The number of aliphatic hydroxyl groups excluding tert-OH is 1. The molecule has 0 aliphatic heterocycles. The highest BCUT2D eigenvalue weighted by molar-refractivity contribution is 5.38. The van der Waals surface area contributed by atoms with Crippen molar-refractivity contribution in [2.45, 2.75) is 32.9 Å². The van der Waals surface area contributed by atoms with Crippen LogP contribution in [0.1, 0.15) is 31.0 Å². The van der Waals surface area contributed by atoms with Gasteiger partial charge < -0.3 is 15.6 Å².